The third kappa shape index (κ3) is 1.46. The van der Waals surface area contributed by atoms with Crippen LogP contribution in [0, 0.1) is 3.57 Å². The van der Waals surface area contributed by atoms with Crippen LogP contribution in [0.1, 0.15) is 10.5 Å². The molecule has 2 rings (SSSR count). The van der Waals surface area contributed by atoms with Crippen LogP contribution in [0.4, 0.5) is 0 Å². The number of H-pyrrole nitrogens is 1. The highest BCUT2D eigenvalue weighted by Gasteiger charge is 2.13. The quantitative estimate of drug-likeness (QED) is 0.793. The molecule has 0 aliphatic carbocycles. The number of carboxylic acids is 1. The molecule has 0 saturated carbocycles. The van der Waals surface area contributed by atoms with Crippen molar-refractivity contribution < 1.29 is 9.90 Å². The van der Waals surface area contributed by atoms with E-state index in [0.29, 0.717) is 5.65 Å². The average Bonchev–Trinajstić information content (AvgIpc) is 2.46. The van der Waals surface area contributed by atoms with E-state index in [1.165, 1.54) is 0 Å². The molecule has 0 atom stereocenters. The largest absolute Gasteiger partial charge is 0.476 e. The van der Waals surface area contributed by atoms with E-state index in [2.05, 4.69) is 32.6 Å². The zero-order valence-corrected chi connectivity index (χ0v) is 9.63. The molecular weight excluding hydrogens is 318 g/mol. The average molecular weight is 322 g/mol. The van der Waals surface area contributed by atoms with Gasteiger partial charge in [-0.05, 0) is 28.7 Å². The second kappa shape index (κ2) is 3.39. The number of nitrogens with zero attached hydrogens (tertiary/aromatic N) is 1. The van der Waals surface area contributed by atoms with Gasteiger partial charge in [0.05, 0.1) is 5.02 Å². The Morgan fingerprint density at radius 1 is 1.64 bits per heavy atom. The molecule has 4 nitrogen and oxygen atoms in total. The number of aromatic carboxylic acids is 1. The van der Waals surface area contributed by atoms with Crippen molar-refractivity contribution in [3.05, 3.63) is 26.5 Å². The summed E-state index contributed by atoms with van der Waals surface area (Å²) in [5.41, 5.74) is 0.411. The minimum absolute atomic E-state index is 0.127. The van der Waals surface area contributed by atoms with Crippen molar-refractivity contribution in [1.82, 2.24) is 9.97 Å². The molecule has 0 aliphatic heterocycles. The van der Waals surface area contributed by atoms with Crippen LogP contribution in [0.3, 0.4) is 0 Å². The molecule has 0 fully saturated rings. The van der Waals surface area contributed by atoms with Crippen molar-refractivity contribution in [3.63, 3.8) is 0 Å². The van der Waals surface area contributed by atoms with Gasteiger partial charge in [0.15, 0.2) is 5.69 Å². The summed E-state index contributed by atoms with van der Waals surface area (Å²) < 4.78 is 0.962. The van der Waals surface area contributed by atoms with E-state index < -0.39 is 5.97 Å². The molecule has 2 heterocycles. The zero-order chi connectivity index (χ0) is 10.3. The smallest absolute Gasteiger partial charge is 0.356 e. The monoisotopic (exact) mass is 322 g/mol. The first kappa shape index (κ1) is 9.72. The van der Waals surface area contributed by atoms with Gasteiger partial charge in [-0.15, -0.1) is 0 Å². The van der Waals surface area contributed by atoms with Gasteiger partial charge < -0.3 is 10.1 Å². The maximum Gasteiger partial charge on any atom is 0.356 e. The summed E-state index contributed by atoms with van der Waals surface area (Å²) in [6, 6.07) is 1.60. The van der Waals surface area contributed by atoms with Gasteiger partial charge in [0, 0.05) is 15.2 Å². The van der Waals surface area contributed by atoms with E-state index in [9.17, 15) is 4.79 Å². The van der Waals surface area contributed by atoms with Gasteiger partial charge in [-0.25, -0.2) is 9.78 Å². The number of nitrogens with one attached hydrogen (secondary N) is 1. The van der Waals surface area contributed by atoms with Crippen LogP contribution in [-0.4, -0.2) is 21.0 Å². The fraction of sp³-hybridized carbons (Fsp3) is 0. The third-order valence-corrected chi connectivity index (χ3v) is 2.95. The Labute approximate surface area is 97.4 Å². The number of halogens is 2. The minimum atomic E-state index is -1.12. The molecule has 0 radical (unpaired) electrons. The number of carbonyl (C=O) groups is 1. The highest BCUT2D eigenvalue weighted by Crippen LogP contribution is 2.24. The summed E-state index contributed by atoms with van der Waals surface area (Å²) in [5, 5.41) is 9.76. The standard InChI is InChI=1S/C8H4ClIN2O2/c9-4-1-3-5(10)2-11-7(3)12-6(4)8(13)14/h1-2H,(H,11,12)(H,13,14). The maximum atomic E-state index is 10.7. The number of hydrogen-bond donors (Lipinski definition) is 2. The second-order valence-electron chi connectivity index (χ2n) is 2.66. The summed E-state index contributed by atoms with van der Waals surface area (Å²) in [5.74, 6) is -1.12. The summed E-state index contributed by atoms with van der Waals surface area (Å²) in [4.78, 5) is 17.5. The van der Waals surface area contributed by atoms with Crippen molar-refractivity contribution in [2.75, 3.05) is 0 Å². The van der Waals surface area contributed by atoms with Crippen molar-refractivity contribution in [1.29, 1.82) is 0 Å². The molecule has 0 aliphatic rings. The lowest BCUT2D eigenvalue weighted by Gasteiger charge is -1.97. The molecule has 6 heteroatoms. The van der Waals surface area contributed by atoms with Crippen molar-refractivity contribution in [2.45, 2.75) is 0 Å². The molecule has 0 saturated heterocycles. The molecule has 72 valence electrons. The predicted molar refractivity (Wildman–Crippen MR) is 60.8 cm³/mol. The lowest BCUT2D eigenvalue weighted by molar-refractivity contribution is 0.0691. The molecule has 0 spiro atoms. The number of aromatic nitrogens is 2. The summed E-state index contributed by atoms with van der Waals surface area (Å²) in [6.45, 7) is 0. The van der Waals surface area contributed by atoms with Crippen LogP contribution in [0.5, 0.6) is 0 Å². The molecule has 2 N–H and O–H groups in total. The third-order valence-electron chi connectivity index (χ3n) is 1.77. The fourth-order valence-corrected chi connectivity index (χ4v) is 1.94. The van der Waals surface area contributed by atoms with Gasteiger partial charge in [0.1, 0.15) is 5.65 Å². The Balaban J connectivity index is 2.79. The number of hydrogen-bond acceptors (Lipinski definition) is 2. The van der Waals surface area contributed by atoms with Crippen LogP contribution in [0.15, 0.2) is 12.3 Å². The molecule has 0 aromatic carbocycles. The maximum absolute atomic E-state index is 10.7. The van der Waals surface area contributed by atoms with Gasteiger partial charge in [0.2, 0.25) is 0 Å². The van der Waals surface area contributed by atoms with Crippen molar-refractivity contribution >= 4 is 51.2 Å². The van der Waals surface area contributed by atoms with Crippen LogP contribution < -0.4 is 0 Å². The molecule has 2 aromatic heterocycles. The number of fused-ring (bicyclic) bond motifs is 1. The van der Waals surface area contributed by atoms with E-state index in [1.54, 1.807) is 12.3 Å². The second-order valence-corrected chi connectivity index (χ2v) is 4.23. The molecule has 2 aromatic rings. The number of pyridine rings is 1. The van der Waals surface area contributed by atoms with Crippen LogP contribution >= 0.6 is 34.2 Å². The Bertz CT molecular complexity index is 523. The number of carboxylic acid groups (broad SMARTS) is 1. The molecule has 14 heavy (non-hydrogen) atoms. The molecular formula is C8H4ClIN2O2. The Hall–Kier alpha value is -0.820. The Morgan fingerprint density at radius 2 is 2.36 bits per heavy atom. The summed E-state index contributed by atoms with van der Waals surface area (Å²) >= 11 is 7.89. The molecule has 0 unspecified atom stereocenters. The van der Waals surface area contributed by atoms with E-state index in [1.807, 2.05) is 0 Å². The topological polar surface area (TPSA) is 66.0 Å². The minimum Gasteiger partial charge on any atom is -0.476 e. The normalized spacial score (nSPS) is 10.7. The lowest BCUT2D eigenvalue weighted by atomic mass is 10.3. The first-order valence-electron chi connectivity index (χ1n) is 3.66. The van der Waals surface area contributed by atoms with Gasteiger partial charge in [-0.3, -0.25) is 0 Å². The van der Waals surface area contributed by atoms with Crippen LogP contribution in [0.2, 0.25) is 5.02 Å². The van der Waals surface area contributed by atoms with E-state index in [4.69, 9.17) is 16.7 Å². The van der Waals surface area contributed by atoms with Crippen molar-refractivity contribution in [2.24, 2.45) is 0 Å². The van der Waals surface area contributed by atoms with E-state index >= 15 is 0 Å². The van der Waals surface area contributed by atoms with E-state index in [-0.39, 0.29) is 10.7 Å². The highest BCUT2D eigenvalue weighted by molar-refractivity contribution is 14.1. The van der Waals surface area contributed by atoms with Gasteiger partial charge in [0.25, 0.3) is 0 Å². The fourth-order valence-electron chi connectivity index (χ4n) is 1.14. The molecule has 0 amide bonds. The SMILES string of the molecule is O=C(O)c1nc2[nH]cc(I)c2cc1Cl. The number of rotatable bonds is 1. The number of aromatic amines is 1. The summed E-state index contributed by atoms with van der Waals surface area (Å²) in [7, 11) is 0. The molecule has 0 bridgehead atoms. The highest BCUT2D eigenvalue weighted by atomic mass is 127. The Kier molecular flexibility index (Phi) is 2.36. The first-order valence-corrected chi connectivity index (χ1v) is 5.11. The Morgan fingerprint density at radius 3 is 3.00 bits per heavy atom. The van der Waals surface area contributed by atoms with Gasteiger partial charge in [-0.1, -0.05) is 11.6 Å². The van der Waals surface area contributed by atoms with Gasteiger partial charge in [-0.2, -0.15) is 0 Å². The van der Waals surface area contributed by atoms with Crippen LogP contribution in [0.25, 0.3) is 11.0 Å². The van der Waals surface area contributed by atoms with Gasteiger partial charge >= 0.3 is 5.97 Å². The zero-order valence-electron chi connectivity index (χ0n) is 6.71. The first-order chi connectivity index (χ1) is 6.59. The predicted octanol–water partition coefficient (Wildman–Crippen LogP) is 2.52. The van der Waals surface area contributed by atoms with Crippen LogP contribution in [-0.2, 0) is 0 Å². The summed E-state index contributed by atoms with van der Waals surface area (Å²) in [6.07, 6.45) is 1.75. The van der Waals surface area contributed by atoms with E-state index in [0.717, 1.165) is 8.96 Å². The lowest BCUT2D eigenvalue weighted by Crippen LogP contribution is -2.01. The van der Waals surface area contributed by atoms with Crippen molar-refractivity contribution in [3.8, 4) is 0 Å².